The Morgan fingerprint density at radius 1 is 1.39 bits per heavy atom. The fraction of sp³-hybridized carbons (Fsp3) is 0.667. The molecule has 0 spiro atoms. The highest BCUT2D eigenvalue weighted by atomic mass is 15.1. The molecule has 0 amide bonds. The summed E-state index contributed by atoms with van der Waals surface area (Å²) in [6.45, 7) is 9.80. The van der Waals surface area contributed by atoms with Gasteiger partial charge in [0.1, 0.15) is 0 Å². The average molecular weight is 249 g/mol. The normalized spacial score (nSPS) is 10.9. The summed E-state index contributed by atoms with van der Waals surface area (Å²) >= 11 is 0. The van der Waals surface area contributed by atoms with Crippen LogP contribution in [-0.2, 0) is 6.54 Å². The molecule has 0 aliphatic heterocycles. The smallest absolute Gasteiger partial charge is 0.0595 e. The summed E-state index contributed by atoms with van der Waals surface area (Å²) < 4.78 is 0. The molecule has 0 unspecified atom stereocenters. The van der Waals surface area contributed by atoms with Crippen LogP contribution in [0.3, 0.4) is 0 Å². The molecule has 0 saturated heterocycles. The quantitative estimate of drug-likeness (QED) is 0.718. The second kappa shape index (κ2) is 8.09. The van der Waals surface area contributed by atoms with Crippen LogP contribution in [0.4, 0.5) is 5.69 Å². The highest BCUT2D eigenvalue weighted by Crippen LogP contribution is 2.18. The first-order chi connectivity index (χ1) is 8.65. The lowest BCUT2D eigenvalue weighted by Gasteiger charge is -2.23. The van der Waals surface area contributed by atoms with Crippen LogP contribution in [0.15, 0.2) is 18.5 Å². The lowest BCUT2D eigenvalue weighted by Crippen LogP contribution is -2.23. The third-order valence-corrected chi connectivity index (χ3v) is 3.08. The molecule has 1 rings (SSSR count). The molecule has 1 aromatic rings. The van der Waals surface area contributed by atoms with Crippen LogP contribution in [0.5, 0.6) is 0 Å². The van der Waals surface area contributed by atoms with E-state index in [1.54, 1.807) is 0 Å². The van der Waals surface area contributed by atoms with E-state index in [-0.39, 0.29) is 0 Å². The largest absolute Gasteiger partial charge is 0.373 e. The summed E-state index contributed by atoms with van der Waals surface area (Å²) in [4.78, 5) is 6.57. The minimum atomic E-state index is 0.741. The van der Waals surface area contributed by atoms with E-state index >= 15 is 0 Å². The van der Waals surface area contributed by atoms with Gasteiger partial charge in [0.2, 0.25) is 0 Å². The van der Waals surface area contributed by atoms with Crippen molar-refractivity contribution in [3.63, 3.8) is 0 Å². The maximum atomic E-state index is 4.25. The monoisotopic (exact) mass is 249 g/mol. The Morgan fingerprint density at radius 3 is 2.83 bits per heavy atom. The number of anilines is 1. The molecule has 0 fully saturated rings. The van der Waals surface area contributed by atoms with Gasteiger partial charge < -0.3 is 10.2 Å². The first kappa shape index (κ1) is 15.0. The number of pyridine rings is 1. The summed E-state index contributed by atoms with van der Waals surface area (Å²) in [7, 11) is 2.16. The number of rotatable bonds is 8. The van der Waals surface area contributed by atoms with Gasteiger partial charge in [0.05, 0.1) is 11.9 Å². The van der Waals surface area contributed by atoms with Crippen LogP contribution in [0, 0.1) is 5.92 Å². The lowest BCUT2D eigenvalue weighted by atomic mass is 10.1. The van der Waals surface area contributed by atoms with Crippen molar-refractivity contribution in [2.24, 2.45) is 5.92 Å². The second-order valence-electron chi connectivity index (χ2n) is 5.29. The Balaban J connectivity index is 2.62. The van der Waals surface area contributed by atoms with Crippen LogP contribution >= 0.6 is 0 Å². The van der Waals surface area contributed by atoms with Crippen molar-refractivity contribution < 1.29 is 0 Å². The second-order valence-corrected chi connectivity index (χ2v) is 5.29. The highest BCUT2D eigenvalue weighted by molar-refractivity contribution is 5.50. The van der Waals surface area contributed by atoms with Crippen molar-refractivity contribution >= 4 is 5.69 Å². The summed E-state index contributed by atoms with van der Waals surface area (Å²) in [5.41, 5.74) is 2.59. The number of hydrogen-bond acceptors (Lipinski definition) is 3. The zero-order valence-corrected chi connectivity index (χ0v) is 12.2. The van der Waals surface area contributed by atoms with Crippen LogP contribution < -0.4 is 10.2 Å². The summed E-state index contributed by atoms with van der Waals surface area (Å²) in [5.74, 6) is 0.741. The van der Waals surface area contributed by atoms with Crippen LogP contribution in [0.2, 0.25) is 0 Å². The van der Waals surface area contributed by atoms with Gasteiger partial charge >= 0.3 is 0 Å². The minimum absolute atomic E-state index is 0.741. The van der Waals surface area contributed by atoms with E-state index in [0.29, 0.717) is 0 Å². The van der Waals surface area contributed by atoms with E-state index < -0.39 is 0 Å². The van der Waals surface area contributed by atoms with Gasteiger partial charge in [-0.3, -0.25) is 4.98 Å². The van der Waals surface area contributed by atoms with E-state index in [1.807, 2.05) is 12.4 Å². The fourth-order valence-corrected chi connectivity index (χ4v) is 1.88. The van der Waals surface area contributed by atoms with Gasteiger partial charge in [-0.15, -0.1) is 0 Å². The van der Waals surface area contributed by atoms with Gasteiger partial charge in [-0.05, 0) is 36.9 Å². The van der Waals surface area contributed by atoms with Crippen molar-refractivity contribution in [1.82, 2.24) is 10.3 Å². The zero-order valence-electron chi connectivity index (χ0n) is 12.2. The van der Waals surface area contributed by atoms with Crippen molar-refractivity contribution in [1.29, 1.82) is 0 Å². The fourth-order valence-electron chi connectivity index (χ4n) is 1.88. The number of hydrogen-bond donors (Lipinski definition) is 1. The molecular formula is C15H27N3. The molecule has 3 nitrogen and oxygen atoms in total. The third-order valence-electron chi connectivity index (χ3n) is 3.08. The van der Waals surface area contributed by atoms with E-state index in [1.165, 1.54) is 24.1 Å². The molecule has 1 heterocycles. The molecular weight excluding hydrogens is 222 g/mol. The molecule has 1 aromatic heterocycles. The van der Waals surface area contributed by atoms with Crippen molar-refractivity contribution in [2.75, 3.05) is 25.0 Å². The SMILES string of the molecule is CCCNCc1ccncc1N(C)CCC(C)C. The maximum Gasteiger partial charge on any atom is 0.0595 e. The lowest BCUT2D eigenvalue weighted by molar-refractivity contribution is 0.583. The zero-order chi connectivity index (χ0) is 13.4. The van der Waals surface area contributed by atoms with Gasteiger partial charge in [0, 0.05) is 26.3 Å². The molecule has 0 radical (unpaired) electrons. The number of nitrogens with one attached hydrogen (secondary N) is 1. The van der Waals surface area contributed by atoms with Gasteiger partial charge in [-0.25, -0.2) is 0 Å². The standard InChI is InChI=1S/C15H27N3/c1-5-8-16-11-14-6-9-17-12-15(14)18(4)10-7-13(2)3/h6,9,12-13,16H,5,7-8,10-11H2,1-4H3. The Hall–Kier alpha value is -1.09. The summed E-state index contributed by atoms with van der Waals surface area (Å²) in [6, 6.07) is 2.11. The predicted octanol–water partition coefficient (Wildman–Crippen LogP) is 3.06. The Kier molecular flexibility index (Phi) is 6.73. The Morgan fingerprint density at radius 2 is 2.17 bits per heavy atom. The van der Waals surface area contributed by atoms with Gasteiger partial charge in [0.15, 0.2) is 0 Å². The summed E-state index contributed by atoms with van der Waals surface area (Å²) in [5, 5.41) is 3.46. The molecule has 0 aliphatic carbocycles. The first-order valence-electron chi connectivity index (χ1n) is 6.99. The molecule has 0 saturated carbocycles. The molecule has 0 aromatic carbocycles. The average Bonchev–Trinajstić information content (AvgIpc) is 2.37. The van der Waals surface area contributed by atoms with Gasteiger partial charge in [-0.1, -0.05) is 20.8 Å². The topological polar surface area (TPSA) is 28.2 Å². The minimum Gasteiger partial charge on any atom is -0.373 e. The van der Waals surface area contributed by atoms with Gasteiger partial charge in [-0.2, -0.15) is 0 Å². The maximum absolute atomic E-state index is 4.25. The molecule has 3 heteroatoms. The molecule has 1 N–H and O–H groups in total. The third kappa shape index (κ3) is 5.05. The van der Waals surface area contributed by atoms with Gasteiger partial charge in [0.25, 0.3) is 0 Å². The summed E-state index contributed by atoms with van der Waals surface area (Å²) in [6.07, 6.45) is 6.24. The predicted molar refractivity (Wildman–Crippen MR) is 79.0 cm³/mol. The Labute approximate surface area is 112 Å². The molecule has 102 valence electrons. The van der Waals surface area contributed by atoms with Crippen molar-refractivity contribution in [3.8, 4) is 0 Å². The molecule has 0 aliphatic rings. The molecule has 18 heavy (non-hydrogen) atoms. The van der Waals surface area contributed by atoms with E-state index in [0.717, 1.165) is 25.6 Å². The van der Waals surface area contributed by atoms with Crippen LogP contribution in [0.1, 0.15) is 39.2 Å². The van der Waals surface area contributed by atoms with Crippen LogP contribution in [-0.4, -0.2) is 25.1 Å². The number of aromatic nitrogens is 1. The van der Waals surface area contributed by atoms with Crippen molar-refractivity contribution in [2.45, 2.75) is 40.2 Å². The van der Waals surface area contributed by atoms with Crippen LogP contribution in [0.25, 0.3) is 0 Å². The first-order valence-corrected chi connectivity index (χ1v) is 6.99. The van der Waals surface area contributed by atoms with Crippen molar-refractivity contribution in [3.05, 3.63) is 24.0 Å². The van der Waals surface area contributed by atoms with E-state index in [9.17, 15) is 0 Å². The Bertz CT molecular complexity index is 336. The molecule has 0 bridgehead atoms. The highest BCUT2D eigenvalue weighted by Gasteiger charge is 2.07. The van der Waals surface area contributed by atoms with E-state index in [4.69, 9.17) is 0 Å². The molecule has 0 atom stereocenters. The number of nitrogens with zero attached hydrogens (tertiary/aromatic N) is 2. The van der Waals surface area contributed by atoms with E-state index in [2.05, 4.69) is 49.1 Å².